The first kappa shape index (κ1) is 12.7. The summed E-state index contributed by atoms with van der Waals surface area (Å²) in [6, 6.07) is 4.09. The Labute approximate surface area is 111 Å². The number of alkyl halides is 1. The summed E-state index contributed by atoms with van der Waals surface area (Å²) >= 11 is 3.21. The molecule has 0 N–H and O–H groups in total. The molecule has 2 amide bonds. The first-order chi connectivity index (χ1) is 8.57. The van der Waals surface area contributed by atoms with Crippen molar-refractivity contribution in [3.63, 3.8) is 0 Å². The smallest absolute Gasteiger partial charge is 0.274 e. The number of fused-ring (bicyclic) bond motifs is 1. The molecule has 0 fully saturated rings. The van der Waals surface area contributed by atoms with E-state index < -0.39 is 16.7 Å². The highest BCUT2D eigenvalue weighted by Gasteiger charge is 2.40. The molecular formula is C11H9BrN2O4. The van der Waals surface area contributed by atoms with E-state index in [0.29, 0.717) is 11.8 Å². The summed E-state index contributed by atoms with van der Waals surface area (Å²) in [5, 5.41) is 11.5. The summed E-state index contributed by atoms with van der Waals surface area (Å²) < 4.78 is 0. The molecule has 1 aliphatic rings. The second-order valence-electron chi connectivity index (χ2n) is 3.76. The Balaban J connectivity index is 2.45. The van der Waals surface area contributed by atoms with E-state index in [-0.39, 0.29) is 23.4 Å². The van der Waals surface area contributed by atoms with Crippen molar-refractivity contribution in [3.05, 3.63) is 39.4 Å². The fourth-order valence-corrected chi connectivity index (χ4v) is 2.14. The molecule has 0 aliphatic carbocycles. The van der Waals surface area contributed by atoms with Crippen LogP contribution in [0.25, 0.3) is 0 Å². The number of hydrogen-bond acceptors (Lipinski definition) is 4. The van der Waals surface area contributed by atoms with Crippen LogP contribution >= 0.6 is 15.9 Å². The molecule has 1 aromatic carbocycles. The number of imide groups is 1. The zero-order chi connectivity index (χ0) is 13.3. The van der Waals surface area contributed by atoms with E-state index in [9.17, 15) is 19.7 Å². The number of hydrogen-bond donors (Lipinski definition) is 0. The average Bonchev–Trinajstić information content (AvgIpc) is 2.60. The molecular weight excluding hydrogens is 304 g/mol. The Kier molecular flexibility index (Phi) is 3.42. The van der Waals surface area contributed by atoms with Gasteiger partial charge < -0.3 is 0 Å². The van der Waals surface area contributed by atoms with Crippen molar-refractivity contribution in [1.82, 2.24) is 4.90 Å². The minimum atomic E-state index is -0.641. The molecule has 18 heavy (non-hydrogen) atoms. The van der Waals surface area contributed by atoms with Crippen LogP contribution in [0.3, 0.4) is 0 Å². The highest BCUT2D eigenvalue weighted by atomic mass is 79.9. The highest BCUT2D eigenvalue weighted by Crippen LogP contribution is 2.30. The maximum absolute atomic E-state index is 12.0. The molecule has 0 saturated heterocycles. The van der Waals surface area contributed by atoms with Crippen molar-refractivity contribution in [1.29, 1.82) is 0 Å². The first-order valence-electron chi connectivity index (χ1n) is 5.27. The molecule has 6 nitrogen and oxygen atoms in total. The molecule has 0 bridgehead atoms. The average molecular weight is 313 g/mol. The van der Waals surface area contributed by atoms with Crippen LogP contribution in [0.4, 0.5) is 5.69 Å². The summed E-state index contributed by atoms with van der Waals surface area (Å²) in [6.45, 7) is 0.259. The molecule has 1 heterocycles. The number of nitro benzene ring substituents is 1. The van der Waals surface area contributed by atoms with Gasteiger partial charge in [0.25, 0.3) is 17.5 Å². The molecule has 0 radical (unpaired) electrons. The number of amides is 2. The minimum Gasteiger partial charge on any atom is -0.274 e. The summed E-state index contributed by atoms with van der Waals surface area (Å²) in [4.78, 5) is 35.2. The van der Waals surface area contributed by atoms with Gasteiger partial charge in [-0.05, 0) is 12.5 Å². The van der Waals surface area contributed by atoms with Crippen molar-refractivity contribution in [2.45, 2.75) is 6.42 Å². The maximum Gasteiger partial charge on any atom is 0.282 e. The molecule has 0 unspecified atom stereocenters. The lowest BCUT2D eigenvalue weighted by Gasteiger charge is -2.11. The van der Waals surface area contributed by atoms with Gasteiger partial charge in [0, 0.05) is 17.9 Å². The third-order valence-electron chi connectivity index (χ3n) is 2.69. The summed E-state index contributed by atoms with van der Waals surface area (Å²) in [7, 11) is 0. The summed E-state index contributed by atoms with van der Waals surface area (Å²) in [6.07, 6.45) is 0.610. The Bertz CT molecular complexity index is 544. The fraction of sp³-hybridized carbons (Fsp3) is 0.273. The van der Waals surface area contributed by atoms with E-state index in [1.165, 1.54) is 18.2 Å². The van der Waals surface area contributed by atoms with Gasteiger partial charge in [-0.2, -0.15) is 0 Å². The third kappa shape index (κ3) is 1.90. The number of benzene rings is 1. The van der Waals surface area contributed by atoms with Crippen molar-refractivity contribution in [2.75, 3.05) is 11.9 Å². The van der Waals surface area contributed by atoms with Crippen LogP contribution in [0.2, 0.25) is 0 Å². The molecule has 1 aromatic rings. The van der Waals surface area contributed by atoms with E-state index in [0.717, 1.165) is 4.90 Å². The van der Waals surface area contributed by atoms with E-state index in [4.69, 9.17) is 0 Å². The van der Waals surface area contributed by atoms with Gasteiger partial charge in [-0.3, -0.25) is 24.6 Å². The van der Waals surface area contributed by atoms with Gasteiger partial charge in [0.15, 0.2) is 0 Å². The number of nitrogens with zero attached hydrogens (tertiary/aromatic N) is 2. The van der Waals surface area contributed by atoms with Crippen LogP contribution < -0.4 is 0 Å². The molecule has 0 saturated carbocycles. The topological polar surface area (TPSA) is 80.5 Å². The van der Waals surface area contributed by atoms with E-state index >= 15 is 0 Å². The first-order valence-corrected chi connectivity index (χ1v) is 6.39. The van der Waals surface area contributed by atoms with Gasteiger partial charge in [0.2, 0.25) is 0 Å². The highest BCUT2D eigenvalue weighted by molar-refractivity contribution is 9.09. The predicted octanol–water partition coefficient (Wildman–Crippen LogP) is 1.98. The van der Waals surface area contributed by atoms with Crippen LogP contribution in [-0.4, -0.2) is 33.5 Å². The quantitative estimate of drug-likeness (QED) is 0.368. The van der Waals surface area contributed by atoms with Gasteiger partial charge in [-0.15, -0.1) is 0 Å². The fourth-order valence-electron chi connectivity index (χ4n) is 1.89. The molecule has 0 aromatic heterocycles. The van der Waals surface area contributed by atoms with Crippen LogP contribution in [-0.2, 0) is 0 Å². The normalized spacial score (nSPS) is 13.9. The van der Waals surface area contributed by atoms with Crippen LogP contribution in [0, 0.1) is 10.1 Å². The van der Waals surface area contributed by atoms with Crippen LogP contribution in [0.5, 0.6) is 0 Å². The van der Waals surface area contributed by atoms with Gasteiger partial charge in [0.05, 0.1) is 10.5 Å². The molecule has 2 rings (SSSR count). The Morgan fingerprint density at radius 1 is 1.28 bits per heavy atom. The largest absolute Gasteiger partial charge is 0.282 e. The Morgan fingerprint density at radius 2 is 2.00 bits per heavy atom. The maximum atomic E-state index is 12.0. The molecule has 1 aliphatic heterocycles. The number of rotatable bonds is 4. The second-order valence-corrected chi connectivity index (χ2v) is 4.55. The lowest BCUT2D eigenvalue weighted by Crippen LogP contribution is -2.31. The monoisotopic (exact) mass is 312 g/mol. The number of carbonyl (C=O) groups excluding carboxylic acids is 2. The Morgan fingerprint density at radius 3 is 2.61 bits per heavy atom. The summed E-state index contributed by atoms with van der Waals surface area (Å²) in [5.41, 5.74) is -0.293. The third-order valence-corrected chi connectivity index (χ3v) is 3.25. The Hall–Kier alpha value is -1.76. The second kappa shape index (κ2) is 4.85. The zero-order valence-electron chi connectivity index (χ0n) is 9.26. The van der Waals surface area contributed by atoms with Crippen molar-refractivity contribution in [3.8, 4) is 0 Å². The van der Waals surface area contributed by atoms with Crippen LogP contribution in [0.15, 0.2) is 18.2 Å². The standard InChI is InChI=1S/C11H9BrN2O4/c12-5-2-6-13-10(15)7-3-1-4-8(14(17)18)9(7)11(13)16/h1,3-4H,2,5-6H2. The van der Waals surface area contributed by atoms with Gasteiger partial charge in [0.1, 0.15) is 5.56 Å². The van der Waals surface area contributed by atoms with E-state index in [1.807, 2.05) is 0 Å². The zero-order valence-corrected chi connectivity index (χ0v) is 10.8. The van der Waals surface area contributed by atoms with Crippen molar-refractivity contribution >= 4 is 33.4 Å². The van der Waals surface area contributed by atoms with E-state index in [1.54, 1.807) is 0 Å². The lowest BCUT2D eigenvalue weighted by atomic mass is 10.1. The van der Waals surface area contributed by atoms with Crippen molar-refractivity contribution in [2.24, 2.45) is 0 Å². The SMILES string of the molecule is O=C1c2cccc([N+](=O)[O-])c2C(=O)N1CCCBr. The lowest BCUT2D eigenvalue weighted by molar-refractivity contribution is -0.385. The minimum absolute atomic E-state index is 0.0953. The number of nitro groups is 1. The summed E-state index contributed by atoms with van der Waals surface area (Å²) in [5.74, 6) is -1.04. The van der Waals surface area contributed by atoms with Gasteiger partial charge in [-0.1, -0.05) is 22.0 Å². The molecule has 0 atom stereocenters. The molecule has 0 spiro atoms. The number of carbonyl (C=O) groups is 2. The molecule has 94 valence electrons. The van der Waals surface area contributed by atoms with Crippen molar-refractivity contribution < 1.29 is 14.5 Å². The van der Waals surface area contributed by atoms with E-state index in [2.05, 4.69) is 15.9 Å². The predicted molar refractivity (Wildman–Crippen MR) is 66.9 cm³/mol. The van der Waals surface area contributed by atoms with Gasteiger partial charge >= 0.3 is 0 Å². The molecule has 7 heteroatoms. The number of halogens is 1. The van der Waals surface area contributed by atoms with Crippen LogP contribution in [0.1, 0.15) is 27.1 Å². The van der Waals surface area contributed by atoms with Gasteiger partial charge in [-0.25, -0.2) is 0 Å².